The minimum absolute atomic E-state index is 0.0170. The Bertz CT molecular complexity index is 1060. The Hall–Kier alpha value is -2.95. The van der Waals surface area contributed by atoms with Gasteiger partial charge in [-0.3, -0.25) is 0 Å². The molecule has 7 nitrogen and oxygen atoms in total. The number of nitrogen functional groups attached to an aromatic ring is 1. The zero-order valence-corrected chi connectivity index (χ0v) is 20.3. The van der Waals surface area contributed by atoms with Gasteiger partial charge in [0.15, 0.2) is 5.82 Å². The van der Waals surface area contributed by atoms with Crippen molar-refractivity contribution in [3.63, 3.8) is 0 Å². The van der Waals surface area contributed by atoms with Crippen molar-refractivity contribution in [3.8, 4) is 17.1 Å². The lowest BCUT2D eigenvalue weighted by molar-refractivity contribution is -0.137. The van der Waals surface area contributed by atoms with Crippen molar-refractivity contribution >= 4 is 17.7 Å². The Balaban J connectivity index is 0.000000497. The summed E-state index contributed by atoms with van der Waals surface area (Å²) in [6.07, 6.45) is -1.34. The molecular formula is C24H32F4N6O. The van der Waals surface area contributed by atoms with Gasteiger partial charge in [-0.15, -0.1) is 0 Å². The molecule has 192 valence electrons. The number of alkyl halides is 3. The third-order valence-corrected chi connectivity index (χ3v) is 5.62. The van der Waals surface area contributed by atoms with Crippen LogP contribution < -0.4 is 21.1 Å². The molecule has 2 aliphatic rings. The first-order chi connectivity index (χ1) is 16.4. The summed E-state index contributed by atoms with van der Waals surface area (Å²) in [4.78, 5) is 7.69. The monoisotopic (exact) mass is 496 g/mol. The highest BCUT2D eigenvalue weighted by Crippen LogP contribution is 2.43. The van der Waals surface area contributed by atoms with E-state index in [2.05, 4.69) is 27.5 Å². The van der Waals surface area contributed by atoms with Gasteiger partial charge in [0.2, 0.25) is 5.88 Å². The predicted octanol–water partition coefficient (Wildman–Crippen LogP) is 5.17. The fourth-order valence-electron chi connectivity index (χ4n) is 3.79. The van der Waals surface area contributed by atoms with Crippen molar-refractivity contribution < 1.29 is 22.3 Å². The Morgan fingerprint density at radius 2 is 1.94 bits per heavy atom. The Morgan fingerprint density at radius 1 is 1.26 bits per heavy atom. The van der Waals surface area contributed by atoms with Crippen LogP contribution in [0.2, 0.25) is 0 Å². The standard InChI is InChI=1S/C19H21F4N5O.C5H11N/c1-8(2)29-18-12(7-24)17(27-10-4-5-10)15(20)16(28-18)11-6-13(25)26-9(3)14(11)19(21,22)23;1-5-2-3-6-4-5/h6-8,10,24H,4-5H2,1-3H3,(H2,25,26)(H,27,28);5-6H,2-4H2,1H3. The van der Waals surface area contributed by atoms with Crippen molar-refractivity contribution in [2.24, 2.45) is 5.92 Å². The van der Waals surface area contributed by atoms with E-state index in [0.717, 1.165) is 38.0 Å². The summed E-state index contributed by atoms with van der Waals surface area (Å²) < 4.78 is 62.2. The van der Waals surface area contributed by atoms with E-state index < -0.39 is 28.8 Å². The van der Waals surface area contributed by atoms with Crippen molar-refractivity contribution in [1.82, 2.24) is 15.3 Å². The average Bonchev–Trinajstić information content (AvgIpc) is 3.44. The second kappa shape index (κ2) is 10.8. The second-order valence-electron chi connectivity index (χ2n) is 9.25. The number of rotatable bonds is 6. The van der Waals surface area contributed by atoms with Gasteiger partial charge in [0.1, 0.15) is 11.5 Å². The SMILES string of the molecule is CC1CCNC1.Cc1nc(N)cc(-c2nc(OC(C)C)c(C=N)c(NC3CC3)c2F)c1C(F)(F)F. The second-order valence-corrected chi connectivity index (χ2v) is 9.25. The van der Waals surface area contributed by atoms with Crippen LogP contribution in [0.15, 0.2) is 6.07 Å². The lowest BCUT2D eigenvalue weighted by Gasteiger charge is -2.21. The van der Waals surface area contributed by atoms with E-state index in [1.807, 2.05) is 0 Å². The normalized spacial score (nSPS) is 17.7. The summed E-state index contributed by atoms with van der Waals surface area (Å²) in [5.41, 5.74) is 3.01. The van der Waals surface area contributed by atoms with Gasteiger partial charge in [-0.1, -0.05) is 6.92 Å². The van der Waals surface area contributed by atoms with Crippen LogP contribution in [0, 0.1) is 24.1 Å². The number of pyridine rings is 2. The van der Waals surface area contributed by atoms with Crippen LogP contribution in [0.4, 0.5) is 29.1 Å². The molecule has 0 amide bonds. The summed E-state index contributed by atoms with van der Waals surface area (Å²) in [5.74, 6) is -0.381. The third-order valence-electron chi connectivity index (χ3n) is 5.62. The van der Waals surface area contributed by atoms with Crippen LogP contribution in [-0.4, -0.2) is 41.4 Å². The van der Waals surface area contributed by atoms with Crippen LogP contribution in [-0.2, 0) is 6.18 Å². The van der Waals surface area contributed by atoms with E-state index in [-0.39, 0.29) is 40.8 Å². The van der Waals surface area contributed by atoms with Gasteiger partial charge in [0.05, 0.1) is 28.6 Å². The van der Waals surface area contributed by atoms with E-state index in [4.69, 9.17) is 15.9 Å². The number of ether oxygens (including phenoxy) is 1. The highest BCUT2D eigenvalue weighted by Gasteiger charge is 2.38. The van der Waals surface area contributed by atoms with Crippen LogP contribution in [0.25, 0.3) is 11.3 Å². The zero-order valence-electron chi connectivity index (χ0n) is 20.3. The summed E-state index contributed by atoms with van der Waals surface area (Å²) in [6.45, 7) is 9.30. The molecule has 1 saturated heterocycles. The number of nitrogens with two attached hydrogens (primary N) is 1. The molecule has 0 spiro atoms. The maximum atomic E-state index is 15.4. The number of halogens is 4. The number of aryl methyl sites for hydroxylation is 1. The van der Waals surface area contributed by atoms with E-state index in [0.29, 0.717) is 0 Å². The van der Waals surface area contributed by atoms with Crippen molar-refractivity contribution in [1.29, 1.82) is 5.41 Å². The number of hydrogen-bond donors (Lipinski definition) is 4. The Kier molecular flexibility index (Phi) is 8.19. The number of anilines is 2. The first kappa shape index (κ1) is 26.7. The number of nitrogens with one attached hydrogen (secondary N) is 3. The molecule has 1 saturated carbocycles. The van der Waals surface area contributed by atoms with Crippen LogP contribution >= 0.6 is 0 Å². The molecule has 4 rings (SSSR count). The molecule has 0 aromatic carbocycles. The molecule has 35 heavy (non-hydrogen) atoms. The van der Waals surface area contributed by atoms with Gasteiger partial charge >= 0.3 is 6.18 Å². The van der Waals surface area contributed by atoms with E-state index in [1.54, 1.807) is 13.8 Å². The molecule has 5 N–H and O–H groups in total. The molecule has 0 radical (unpaired) electrons. The first-order valence-corrected chi connectivity index (χ1v) is 11.6. The molecule has 11 heteroatoms. The molecule has 2 aromatic heterocycles. The van der Waals surface area contributed by atoms with Crippen molar-refractivity contribution in [3.05, 3.63) is 28.7 Å². The average molecular weight is 497 g/mol. The topological polar surface area (TPSA) is 109 Å². The van der Waals surface area contributed by atoms with Gasteiger partial charge < -0.3 is 26.5 Å². The molecule has 0 bridgehead atoms. The Morgan fingerprint density at radius 3 is 2.40 bits per heavy atom. The fourth-order valence-corrected chi connectivity index (χ4v) is 3.79. The number of aromatic nitrogens is 2. The summed E-state index contributed by atoms with van der Waals surface area (Å²) in [6, 6.07) is 0.933. The van der Waals surface area contributed by atoms with Crippen LogP contribution in [0.3, 0.4) is 0 Å². The quantitative estimate of drug-likeness (QED) is 0.325. The molecule has 2 fully saturated rings. The van der Waals surface area contributed by atoms with E-state index in [9.17, 15) is 13.2 Å². The summed E-state index contributed by atoms with van der Waals surface area (Å²) >= 11 is 0. The predicted molar refractivity (Wildman–Crippen MR) is 129 cm³/mol. The van der Waals surface area contributed by atoms with Gasteiger partial charge in [0, 0.05) is 17.8 Å². The maximum Gasteiger partial charge on any atom is 0.418 e. The number of hydrogen-bond acceptors (Lipinski definition) is 7. The van der Waals surface area contributed by atoms with Gasteiger partial charge in [-0.25, -0.2) is 14.4 Å². The smallest absolute Gasteiger partial charge is 0.418 e. The van der Waals surface area contributed by atoms with Crippen LogP contribution in [0.1, 0.15) is 56.9 Å². The molecule has 2 aromatic rings. The minimum atomic E-state index is -4.79. The molecule has 3 heterocycles. The molecular weight excluding hydrogens is 464 g/mol. The highest BCUT2D eigenvalue weighted by atomic mass is 19.4. The summed E-state index contributed by atoms with van der Waals surface area (Å²) in [5, 5.41) is 13.9. The molecule has 1 aliphatic carbocycles. The molecule has 1 aliphatic heterocycles. The van der Waals surface area contributed by atoms with Gasteiger partial charge in [0.25, 0.3) is 0 Å². The third kappa shape index (κ3) is 6.59. The number of nitrogens with zero attached hydrogens (tertiary/aromatic N) is 2. The van der Waals surface area contributed by atoms with Gasteiger partial charge in [-0.2, -0.15) is 13.2 Å². The van der Waals surface area contributed by atoms with E-state index in [1.165, 1.54) is 19.5 Å². The largest absolute Gasteiger partial charge is 0.474 e. The molecule has 1 atom stereocenters. The molecule has 1 unspecified atom stereocenters. The van der Waals surface area contributed by atoms with Crippen molar-refractivity contribution in [2.45, 2.75) is 65.3 Å². The van der Waals surface area contributed by atoms with Gasteiger partial charge in [-0.05, 0) is 65.1 Å². The van der Waals surface area contributed by atoms with Crippen LogP contribution in [0.5, 0.6) is 5.88 Å². The minimum Gasteiger partial charge on any atom is -0.474 e. The first-order valence-electron chi connectivity index (χ1n) is 11.6. The fraction of sp³-hybridized carbons (Fsp3) is 0.542. The zero-order chi connectivity index (χ0) is 25.9. The Labute approximate surface area is 202 Å². The maximum absolute atomic E-state index is 15.4. The lowest BCUT2D eigenvalue weighted by atomic mass is 10.0. The highest BCUT2D eigenvalue weighted by molar-refractivity contribution is 5.91. The summed E-state index contributed by atoms with van der Waals surface area (Å²) in [7, 11) is 0. The van der Waals surface area contributed by atoms with Crippen molar-refractivity contribution in [2.75, 3.05) is 24.1 Å². The van der Waals surface area contributed by atoms with E-state index >= 15 is 4.39 Å². The lowest BCUT2D eigenvalue weighted by Crippen LogP contribution is -2.17.